The first-order chi connectivity index (χ1) is 6.09. The van der Waals surface area contributed by atoms with E-state index in [1.54, 1.807) is 18.2 Å². The van der Waals surface area contributed by atoms with Gasteiger partial charge in [-0.25, -0.2) is 0 Å². The Bertz CT molecular complexity index is 336. The molecule has 4 nitrogen and oxygen atoms in total. The van der Waals surface area contributed by atoms with Gasteiger partial charge in [0, 0.05) is 15.7 Å². The van der Waals surface area contributed by atoms with Crippen LogP contribution in [-0.2, 0) is 11.3 Å². The van der Waals surface area contributed by atoms with Crippen LogP contribution in [0.3, 0.4) is 0 Å². The Labute approximate surface area is 91.2 Å². The highest BCUT2D eigenvalue weighted by Gasteiger charge is 1.97. The molecular formula is C6H5BrClN2O2S-. The van der Waals surface area contributed by atoms with Crippen molar-refractivity contribution in [2.75, 3.05) is 5.43 Å². The molecule has 0 fully saturated rings. The van der Waals surface area contributed by atoms with Gasteiger partial charge < -0.3 is 9.98 Å². The highest BCUT2D eigenvalue weighted by molar-refractivity contribution is 9.10. The van der Waals surface area contributed by atoms with E-state index in [2.05, 4.69) is 21.4 Å². The number of anilines is 1. The van der Waals surface area contributed by atoms with Crippen molar-refractivity contribution in [1.82, 2.24) is 4.83 Å². The van der Waals surface area contributed by atoms with E-state index in [9.17, 15) is 8.76 Å². The van der Waals surface area contributed by atoms with Crippen molar-refractivity contribution in [2.45, 2.75) is 0 Å². The highest BCUT2D eigenvalue weighted by Crippen LogP contribution is 2.24. The summed E-state index contributed by atoms with van der Waals surface area (Å²) >= 11 is 6.62. The number of halogens is 2. The van der Waals surface area contributed by atoms with E-state index in [-0.39, 0.29) is 0 Å². The zero-order valence-corrected chi connectivity index (χ0v) is 9.37. The molecule has 0 amide bonds. The van der Waals surface area contributed by atoms with E-state index in [0.29, 0.717) is 10.7 Å². The molecule has 1 aromatic carbocycles. The van der Waals surface area contributed by atoms with Crippen LogP contribution in [0.2, 0.25) is 5.02 Å². The molecule has 0 aliphatic heterocycles. The Hall–Kier alpha value is -0.140. The average molecular weight is 285 g/mol. The van der Waals surface area contributed by atoms with Gasteiger partial charge in [0.1, 0.15) is 0 Å². The molecule has 1 unspecified atom stereocenters. The summed E-state index contributed by atoms with van der Waals surface area (Å²) in [5.41, 5.74) is 3.01. The number of rotatable bonds is 3. The smallest absolute Gasteiger partial charge is 0.0569 e. The van der Waals surface area contributed by atoms with E-state index in [4.69, 9.17) is 11.6 Å². The summed E-state index contributed by atoms with van der Waals surface area (Å²) in [4.78, 5) is 2.00. The SMILES string of the molecule is O=S([O-])NNc1ccc(Br)c(Cl)c1. The summed E-state index contributed by atoms with van der Waals surface area (Å²) in [5.74, 6) is 0. The standard InChI is InChI=1S/C6H6BrClN2O2S/c7-5-2-1-4(3-6(5)8)9-10-13(11)12/h1-3,9-10H,(H,11,12)/p-1. The zero-order valence-electron chi connectivity index (χ0n) is 6.21. The molecular weight excluding hydrogens is 280 g/mol. The predicted molar refractivity (Wildman–Crippen MR) is 54.8 cm³/mol. The number of nitrogens with one attached hydrogen (secondary N) is 2. The minimum atomic E-state index is -2.34. The van der Waals surface area contributed by atoms with Crippen LogP contribution in [0.15, 0.2) is 22.7 Å². The fourth-order valence-electron chi connectivity index (χ4n) is 0.674. The van der Waals surface area contributed by atoms with Crippen LogP contribution < -0.4 is 10.3 Å². The molecule has 2 N–H and O–H groups in total. The van der Waals surface area contributed by atoms with Crippen molar-refractivity contribution in [3.8, 4) is 0 Å². The van der Waals surface area contributed by atoms with Crippen LogP contribution in [0.25, 0.3) is 0 Å². The third-order valence-electron chi connectivity index (χ3n) is 1.20. The molecule has 0 bridgehead atoms. The number of hydrogen-bond donors (Lipinski definition) is 2. The molecule has 1 aromatic rings. The van der Waals surface area contributed by atoms with Gasteiger partial charge in [-0.3, -0.25) is 4.21 Å². The van der Waals surface area contributed by atoms with E-state index >= 15 is 0 Å². The largest absolute Gasteiger partial charge is 0.759 e. The van der Waals surface area contributed by atoms with Crippen LogP contribution in [0, 0.1) is 0 Å². The van der Waals surface area contributed by atoms with E-state index < -0.39 is 11.3 Å². The van der Waals surface area contributed by atoms with Crippen molar-refractivity contribution in [1.29, 1.82) is 0 Å². The van der Waals surface area contributed by atoms with Crippen LogP contribution in [0.4, 0.5) is 5.69 Å². The normalized spacial score (nSPS) is 12.5. The van der Waals surface area contributed by atoms with Crippen molar-refractivity contribution in [3.63, 3.8) is 0 Å². The summed E-state index contributed by atoms with van der Waals surface area (Å²) in [6.07, 6.45) is 0. The molecule has 0 spiro atoms. The molecule has 0 aliphatic carbocycles. The van der Waals surface area contributed by atoms with Crippen molar-refractivity contribution >= 4 is 44.5 Å². The zero-order chi connectivity index (χ0) is 9.84. The van der Waals surface area contributed by atoms with E-state index in [1.807, 2.05) is 4.83 Å². The second-order valence-electron chi connectivity index (χ2n) is 2.09. The minimum Gasteiger partial charge on any atom is -0.759 e. The van der Waals surface area contributed by atoms with Crippen molar-refractivity contribution in [3.05, 3.63) is 27.7 Å². The highest BCUT2D eigenvalue weighted by atomic mass is 79.9. The molecule has 1 atom stereocenters. The second kappa shape index (κ2) is 4.92. The third-order valence-corrected chi connectivity index (χ3v) is 2.70. The lowest BCUT2D eigenvalue weighted by Gasteiger charge is -2.10. The Balaban J connectivity index is 2.68. The summed E-state index contributed by atoms with van der Waals surface area (Å²) in [6, 6.07) is 4.97. The first-order valence-electron chi connectivity index (χ1n) is 3.15. The quantitative estimate of drug-likeness (QED) is 0.657. The lowest BCUT2D eigenvalue weighted by atomic mass is 10.3. The molecule has 0 heterocycles. The van der Waals surface area contributed by atoms with Gasteiger partial charge in [0.25, 0.3) is 0 Å². The van der Waals surface area contributed by atoms with Gasteiger partial charge in [0.05, 0.1) is 10.7 Å². The third kappa shape index (κ3) is 3.61. The number of hydrazine groups is 1. The van der Waals surface area contributed by atoms with Crippen LogP contribution in [0.5, 0.6) is 0 Å². The molecule has 0 radical (unpaired) electrons. The number of benzene rings is 1. The molecule has 13 heavy (non-hydrogen) atoms. The van der Waals surface area contributed by atoms with Gasteiger partial charge in [0.2, 0.25) is 0 Å². The van der Waals surface area contributed by atoms with Gasteiger partial charge in [-0.05, 0) is 34.1 Å². The van der Waals surface area contributed by atoms with Crippen molar-refractivity contribution < 1.29 is 8.76 Å². The van der Waals surface area contributed by atoms with Crippen LogP contribution >= 0.6 is 27.5 Å². The average Bonchev–Trinajstić information content (AvgIpc) is 2.07. The Kier molecular flexibility index (Phi) is 4.14. The molecule has 72 valence electrons. The lowest BCUT2D eigenvalue weighted by Crippen LogP contribution is -2.23. The maximum absolute atomic E-state index is 10.1. The molecule has 7 heteroatoms. The molecule has 0 saturated heterocycles. The fraction of sp³-hybridized carbons (Fsp3) is 0. The monoisotopic (exact) mass is 283 g/mol. The van der Waals surface area contributed by atoms with Gasteiger partial charge in [-0.1, -0.05) is 11.6 Å². The predicted octanol–water partition coefficient (Wildman–Crippen LogP) is 1.81. The Morgan fingerprint density at radius 3 is 2.77 bits per heavy atom. The first kappa shape index (κ1) is 10.9. The minimum absolute atomic E-state index is 0.503. The van der Waals surface area contributed by atoms with Crippen LogP contribution in [0.1, 0.15) is 0 Å². The Morgan fingerprint density at radius 1 is 1.54 bits per heavy atom. The summed E-state index contributed by atoms with van der Waals surface area (Å²) < 4.78 is 21.0. The van der Waals surface area contributed by atoms with Gasteiger partial charge in [-0.15, -0.1) is 0 Å². The summed E-state index contributed by atoms with van der Waals surface area (Å²) in [5, 5.41) is 0.503. The maximum atomic E-state index is 10.1. The van der Waals surface area contributed by atoms with Gasteiger partial charge in [-0.2, -0.15) is 4.83 Å². The summed E-state index contributed by atoms with van der Waals surface area (Å²) in [6.45, 7) is 0. The Morgan fingerprint density at radius 2 is 2.23 bits per heavy atom. The van der Waals surface area contributed by atoms with Gasteiger partial charge >= 0.3 is 0 Å². The topological polar surface area (TPSA) is 64.2 Å². The molecule has 1 rings (SSSR count). The lowest BCUT2D eigenvalue weighted by molar-refractivity contribution is 0.528. The van der Waals surface area contributed by atoms with E-state index in [0.717, 1.165) is 4.47 Å². The summed E-state index contributed by atoms with van der Waals surface area (Å²) in [7, 11) is 0. The number of hydrogen-bond acceptors (Lipinski definition) is 3. The molecule has 0 saturated carbocycles. The second-order valence-corrected chi connectivity index (χ2v) is 4.03. The first-order valence-corrected chi connectivity index (χ1v) is 5.40. The van der Waals surface area contributed by atoms with Crippen molar-refractivity contribution in [2.24, 2.45) is 0 Å². The maximum Gasteiger partial charge on any atom is 0.0569 e. The molecule has 0 aliphatic rings. The van der Waals surface area contributed by atoms with Gasteiger partial charge in [0.15, 0.2) is 0 Å². The fourth-order valence-corrected chi connectivity index (χ4v) is 1.30. The molecule has 0 aromatic heterocycles. The van der Waals surface area contributed by atoms with E-state index in [1.165, 1.54) is 0 Å². The van der Waals surface area contributed by atoms with Crippen LogP contribution in [-0.4, -0.2) is 8.76 Å².